The lowest BCUT2D eigenvalue weighted by Crippen LogP contribution is -2.08. The normalized spacial score (nSPS) is 11.5. The van der Waals surface area contributed by atoms with Gasteiger partial charge >= 0.3 is 5.97 Å². The summed E-state index contributed by atoms with van der Waals surface area (Å²) in [6.45, 7) is 1.94. The van der Waals surface area contributed by atoms with E-state index in [2.05, 4.69) is 0 Å². The molecule has 1 aliphatic rings. The van der Waals surface area contributed by atoms with E-state index in [0.29, 0.717) is 17.0 Å². The van der Waals surface area contributed by atoms with E-state index in [1.807, 2.05) is 19.1 Å². The number of aromatic hydroxyl groups is 4. The number of hydrogen-bond acceptors (Lipinski definition) is 6. The van der Waals surface area contributed by atoms with E-state index in [0.717, 1.165) is 5.56 Å². The Morgan fingerprint density at radius 2 is 1.23 bits per heavy atom. The van der Waals surface area contributed by atoms with Crippen molar-refractivity contribution in [3.8, 4) is 57.2 Å². The third kappa shape index (κ3) is 2.51. The molecule has 2 aromatic heterocycles. The molecule has 4 N–H and O–H groups in total. The van der Waals surface area contributed by atoms with Gasteiger partial charge in [0.2, 0.25) is 23.5 Å². The molecule has 1 aliphatic carbocycles. The number of rotatable bonds is 3. The number of aromatic nitrogens is 2. The molecule has 0 unspecified atom stereocenters. The van der Waals surface area contributed by atoms with Crippen LogP contribution in [0, 0.1) is 6.92 Å². The number of aryl methyl sites for hydroxylation is 1. The van der Waals surface area contributed by atoms with Crippen LogP contribution in [-0.2, 0) is 7.05 Å². The Balaban J connectivity index is 1.46. The zero-order valence-corrected chi connectivity index (χ0v) is 16.6. The third-order valence-corrected chi connectivity index (χ3v) is 5.55. The fraction of sp³-hybridized carbons (Fsp3) is 0.0870. The highest BCUT2D eigenvalue weighted by Crippen LogP contribution is 2.65. The quantitative estimate of drug-likeness (QED) is 0.261. The van der Waals surface area contributed by atoms with Gasteiger partial charge in [0.25, 0.3) is 0 Å². The second-order valence-electron chi connectivity index (χ2n) is 7.44. The lowest BCUT2D eigenvalue weighted by atomic mass is 9.86. The predicted molar refractivity (Wildman–Crippen MR) is 112 cm³/mol. The van der Waals surface area contributed by atoms with Crippen LogP contribution in [0.4, 0.5) is 0 Å². The largest absolute Gasteiger partial charge is 0.494 e. The first kappa shape index (κ1) is 18.7. The minimum Gasteiger partial charge on any atom is -0.494 e. The summed E-state index contributed by atoms with van der Waals surface area (Å²) >= 11 is 0. The number of ether oxygens (including phenoxy) is 1. The van der Waals surface area contributed by atoms with Crippen molar-refractivity contribution in [1.82, 2.24) is 9.13 Å². The zero-order valence-electron chi connectivity index (χ0n) is 16.6. The highest BCUT2D eigenvalue weighted by molar-refractivity contribution is 6.12. The monoisotopic (exact) mass is 418 g/mol. The fourth-order valence-corrected chi connectivity index (χ4v) is 3.85. The molecule has 0 amide bonds. The summed E-state index contributed by atoms with van der Waals surface area (Å²) in [7, 11) is 1.47. The number of benzene rings is 2. The molecule has 2 aromatic carbocycles. The number of hydrogen-bond donors (Lipinski definition) is 4. The number of carbonyl (C=O) groups is 1. The Kier molecular flexibility index (Phi) is 3.82. The molecule has 0 aliphatic heterocycles. The van der Waals surface area contributed by atoms with E-state index >= 15 is 0 Å². The van der Waals surface area contributed by atoms with Gasteiger partial charge in [-0.1, -0.05) is 17.7 Å². The summed E-state index contributed by atoms with van der Waals surface area (Å²) in [6.07, 6.45) is 0. The van der Waals surface area contributed by atoms with Crippen molar-refractivity contribution in [3.63, 3.8) is 0 Å². The molecule has 0 atom stereocenters. The first-order chi connectivity index (χ1) is 14.8. The first-order valence-corrected chi connectivity index (χ1v) is 9.46. The Labute approximate surface area is 176 Å². The average Bonchev–Trinajstić information content (AvgIpc) is 3.04. The zero-order chi connectivity index (χ0) is 22.0. The van der Waals surface area contributed by atoms with Gasteiger partial charge in [0.1, 0.15) is 5.75 Å². The minimum absolute atomic E-state index is 0.207. The van der Waals surface area contributed by atoms with Crippen LogP contribution in [0.3, 0.4) is 0 Å². The molecule has 5 rings (SSSR count). The highest BCUT2D eigenvalue weighted by Gasteiger charge is 2.42. The van der Waals surface area contributed by atoms with Gasteiger partial charge in [0.15, 0.2) is 0 Å². The summed E-state index contributed by atoms with van der Waals surface area (Å²) in [5.41, 5.74) is 2.80. The molecule has 8 heteroatoms. The second kappa shape index (κ2) is 6.33. The first-order valence-electron chi connectivity index (χ1n) is 9.46. The van der Waals surface area contributed by atoms with E-state index in [1.54, 1.807) is 24.3 Å². The molecule has 0 spiro atoms. The minimum atomic E-state index is -0.537. The molecule has 156 valence electrons. The molecular weight excluding hydrogens is 400 g/mol. The summed E-state index contributed by atoms with van der Waals surface area (Å²) in [5.74, 6) is -1.09. The predicted octanol–water partition coefficient (Wildman–Crippen LogP) is 3.81. The van der Waals surface area contributed by atoms with Crippen LogP contribution in [0.5, 0.6) is 29.3 Å². The Morgan fingerprint density at radius 1 is 0.742 bits per heavy atom. The van der Waals surface area contributed by atoms with Crippen LogP contribution >= 0.6 is 0 Å². The fourth-order valence-electron chi connectivity index (χ4n) is 3.85. The molecule has 8 nitrogen and oxygen atoms in total. The number of esters is 1. The average molecular weight is 418 g/mol. The summed E-state index contributed by atoms with van der Waals surface area (Å²) in [6, 6.07) is 13.2. The standard InChI is InChI=1S/C23H18N2O6/c1-11-3-9-14(10-4-11)31-23(30)12-5-7-13(8-6-12)25-21(28)17-15-16(18(17)22(25)29)20(27)24(2)19(15)26/h3-10,26-29H,1-2H3. The van der Waals surface area contributed by atoms with Gasteiger partial charge in [-0.25, -0.2) is 4.79 Å². The SMILES string of the molecule is Cc1ccc(OC(=O)c2ccc(-n3c(O)c4c(c3O)-c3c-4c(O)n(C)c3O)cc2)cc1. The van der Waals surface area contributed by atoms with Crippen LogP contribution < -0.4 is 4.74 Å². The molecule has 0 saturated carbocycles. The lowest BCUT2D eigenvalue weighted by molar-refractivity contribution is 0.0734. The molecule has 0 saturated heterocycles. The van der Waals surface area contributed by atoms with Crippen molar-refractivity contribution >= 4 is 5.97 Å². The van der Waals surface area contributed by atoms with Gasteiger partial charge in [-0.3, -0.25) is 9.13 Å². The summed E-state index contributed by atoms with van der Waals surface area (Å²) in [5, 5.41) is 41.7. The van der Waals surface area contributed by atoms with Gasteiger partial charge < -0.3 is 25.2 Å². The summed E-state index contributed by atoms with van der Waals surface area (Å²) in [4.78, 5) is 12.4. The molecular formula is C23H18N2O6. The maximum absolute atomic E-state index is 12.4. The van der Waals surface area contributed by atoms with Crippen LogP contribution in [0.1, 0.15) is 15.9 Å². The Hall–Kier alpha value is -4.33. The number of carbonyl (C=O) groups excluding carboxylic acids is 1. The van der Waals surface area contributed by atoms with Gasteiger partial charge in [0, 0.05) is 7.05 Å². The van der Waals surface area contributed by atoms with Crippen molar-refractivity contribution < 1.29 is 30.0 Å². The van der Waals surface area contributed by atoms with Gasteiger partial charge in [-0.05, 0) is 43.3 Å². The van der Waals surface area contributed by atoms with Crippen LogP contribution in [0.15, 0.2) is 48.5 Å². The van der Waals surface area contributed by atoms with Crippen LogP contribution in [0.25, 0.3) is 27.9 Å². The highest BCUT2D eigenvalue weighted by atomic mass is 16.5. The molecule has 31 heavy (non-hydrogen) atoms. The van der Waals surface area contributed by atoms with Crippen LogP contribution in [-0.4, -0.2) is 35.5 Å². The van der Waals surface area contributed by atoms with Crippen molar-refractivity contribution in [2.75, 3.05) is 0 Å². The molecule has 0 radical (unpaired) electrons. The molecule has 4 aromatic rings. The smallest absolute Gasteiger partial charge is 0.343 e. The van der Waals surface area contributed by atoms with E-state index in [-0.39, 0.29) is 45.8 Å². The number of nitrogens with zero attached hydrogens (tertiary/aromatic N) is 2. The van der Waals surface area contributed by atoms with Crippen molar-refractivity contribution in [3.05, 3.63) is 59.7 Å². The van der Waals surface area contributed by atoms with E-state index in [9.17, 15) is 25.2 Å². The van der Waals surface area contributed by atoms with Crippen molar-refractivity contribution in [1.29, 1.82) is 0 Å². The van der Waals surface area contributed by atoms with Crippen LogP contribution in [0.2, 0.25) is 0 Å². The van der Waals surface area contributed by atoms with Gasteiger partial charge in [-0.2, -0.15) is 0 Å². The maximum Gasteiger partial charge on any atom is 0.343 e. The topological polar surface area (TPSA) is 117 Å². The van der Waals surface area contributed by atoms with Gasteiger partial charge in [-0.15, -0.1) is 0 Å². The lowest BCUT2D eigenvalue weighted by Gasteiger charge is -2.14. The van der Waals surface area contributed by atoms with Crippen molar-refractivity contribution in [2.45, 2.75) is 6.92 Å². The number of fused-ring (bicyclic) bond motifs is 4. The molecule has 0 fully saturated rings. The Bertz CT molecular complexity index is 1310. The van der Waals surface area contributed by atoms with E-state index in [4.69, 9.17) is 4.74 Å². The molecule has 0 bridgehead atoms. The summed E-state index contributed by atoms with van der Waals surface area (Å²) < 4.78 is 7.70. The third-order valence-electron chi connectivity index (χ3n) is 5.55. The second-order valence-corrected chi connectivity index (χ2v) is 7.44. The molecule has 2 heterocycles. The Morgan fingerprint density at radius 3 is 1.74 bits per heavy atom. The maximum atomic E-state index is 12.4. The van der Waals surface area contributed by atoms with Crippen molar-refractivity contribution in [2.24, 2.45) is 7.05 Å². The van der Waals surface area contributed by atoms with E-state index in [1.165, 1.54) is 28.3 Å². The van der Waals surface area contributed by atoms with Gasteiger partial charge in [0.05, 0.1) is 33.5 Å². The van der Waals surface area contributed by atoms with E-state index < -0.39 is 5.97 Å².